The first kappa shape index (κ1) is 17.7. The zero-order valence-electron chi connectivity index (χ0n) is 14.8. The van der Waals surface area contributed by atoms with Gasteiger partial charge in [-0.3, -0.25) is 9.69 Å². The molecule has 26 heavy (non-hydrogen) atoms. The predicted octanol–water partition coefficient (Wildman–Crippen LogP) is 2.54. The normalized spacial score (nSPS) is 16.0. The number of amides is 1. The maximum absolute atomic E-state index is 12.5. The average Bonchev–Trinajstić information content (AvgIpc) is 2.64. The van der Waals surface area contributed by atoms with E-state index in [0.717, 1.165) is 12.0 Å². The van der Waals surface area contributed by atoms with Gasteiger partial charge in [-0.05, 0) is 43.2 Å². The van der Waals surface area contributed by atoms with Crippen LogP contribution in [0.25, 0.3) is 0 Å². The summed E-state index contributed by atoms with van der Waals surface area (Å²) in [5.74, 6) is 0.690. The van der Waals surface area contributed by atoms with Crippen LogP contribution in [0.5, 0.6) is 5.75 Å². The lowest BCUT2D eigenvalue weighted by molar-refractivity contribution is -0.125. The second kappa shape index (κ2) is 7.43. The Kier molecular flexibility index (Phi) is 5.06. The number of pyridine rings is 1. The van der Waals surface area contributed by atoms with Gasteiger partial charge in [-0.1, -0.05) is 19.1 Å². The molecule has 1 aromatic heterocycles. The maximum atomic E-state index is 12.5. The monoisotopic (exact) mass is 355 g/mol. The molecular formula is C19H21N3O4. The standard InChI is InChI=1S/C19H21N3O4/c1-3-10-25-19(24)14-6-4-13(5-7-14)11-22-17-15(8-9-16(20)21-17)26-12(2)18(22)23/h4-9,12H,3,10-11H2,1-2H3,(H2,20,21). The number of carbonyl (C=O) groups is 2. The molecule has 2 aromatic rings. The Bertz CT molecular complexity index is 820. The number of nitrogen functional groups attached to an aromatic ring is 1. The van der Waals surface area contributed by atoms with Gasteiger partial charge in [0.1, 0.15) is 5.82 Å². The zero-order chi connectivity index (χ0) is 18.7. The molecule has 2 N–H and O–H groups in total. The first-order valence-corrected chi connectivity index (χ1v) is 8.50. The number of fused-ring (bicyclic) bond motifs is 1. The Hall–Kier alpha value is -3.09. The summed E-state index contributed by atoms with van der Waals surface area (Å²) in [6.45, 7) is 4.34. The van der Waals surface area contributed by atoms with Crippen LogP contribution in [0, 0.1) is 0 Å². The van der Waals surface area contributed by atoms with Crippen molar-refractivity contribution in [2.45, 2.75) is 32.9 Å². The van der Waals surface area contributed by atoms with E-state index < -0.39 is 6.10 Å². The number of esters is 1. The molecule has 1 aliphatic rings. The topological polar surface area (TPSA) is 94.8 Å². The van der Waals surface area contributed by atoms with Crippen LogP contribution < -0.4 is 15.4 Å². The van der Waals surface area contributed by atoms with Crippen LogP contribution in [0.4, 0.5) is 11.6 Å². The number of anilines is 2. The average molecular weight is 355 g/mol. The molecule has 1 unspecified atom stereocenters. The summed E-state index contributed by atoms with van der Waals surface area (Å²) in [7, 11) is 0. The molecule has 0 bridgehead atoms. The molecule has 0 radical (unpaired) electrons. The number of hydrogen-bond donors (Lipinski definition) is 1. The number of benzene rings is 1. The van der Waals surface area contributed by atoms with Gasteiger partial charge in [-0.25, -0.2) is 9.78 Å². The third-order valence-corrected chi connectivity index (χ3v) is 4.00. The number of aromatic nitrogens is 1. The molecule has 136 valence electrons. The van der Waals surface area contributed by atoms with E-state index in [-0.39, 0.29) is 11.9 Å². The van der Waals surface area contributed by atoms with Gasteiger partial charge in [-0.2, -0.15) is 0 Å². The van der Waals surface area contributed by atoms with Gasteiger partial charge in [0.2, 0.25) is 0 Å². The van der Waals surface area contributed by atoms with Crippen molar-refractivity contribution in [2.75, 3.05) is 17.2 Å². The number of ether oxygens (including phenoxy) is 2. The molecule has 1 atom stereocenters. The predicted molar refractivity (Wildman–Crippen MR) is 96.9 cm³/mol. The molecule has 7 heteroatoms. The minimum absolute atomic E-state index is 0.193. The van der Waals surface area contributed by atoms with Crippen LogP contribution in [0.2, 0.25) is 0 Å². The van der Waals surface area contributed by atoms with Gasteiger partial charge in [0, 0.05) is 0 Å². The van der Waals surface area contributed by atoms with Gasteiger partial charge in [0.15, 0.2) is 17.7 Å². The van der Waals surface area contributed by atoms with Crippen LogP contribution in [0.3, 0.4) is 0 Å². The van der Waals surface area contributed by atoms with Crippen molar-refractivity contribution in [3.05, 3.63) is 47.5 Å². The van der Waals surface area contributed by atoms with E-state index in [0.29, 0.717) is 36.1 Å². The highest BCUT2D eigenvalue weighted by atomic mass is 16.5. The fraction of sp³-hybridized carbons (Fsp3) is 0.316. The smallest absolute Gasteiger partial charge is 0.338 e. The molecule has 0 saturated heterocycles. The number of rotatable bonds is 5. The number of hydrogen-bond acceptors (Lipinski definition) is 6. The summed E-state index contributed by atoms with van der Waals surface area (Å²) in [6, 6.07) is 10.3. The molecule has 1 amide bonds. The van der Waals surface area contributed by atoms with E-state index in [1.54, 1.807) is 48.2 Å². The molecule has 7 nitrogen and oxygen atoms in total. The molecule has 0 saturated carbocycles. The number of nitrogens with zero attached hydrogens (tertiary/aromatic N) is 2. The maximum Gasteiger partial charge on any atom is 0.338 e. The van der Waals surface area contributed by atoms with Crippen molar-refractivity contribution in [3.63, 3.8) is 0 Å². The van der Waals surface area contributed by atoms with Gasteiger partial charge in [-0.15, -0.1) is 0 Å². The molecular weight excluding hydrogens is 334 g/mol. The molecule has 3 rings (SSSR count). The van der Waals surface area contributed by atoms with E-state index in [4.69, 9.17) is 15.2 Å². The van der Waals surface area contributed by atoms with Crippen LogP contribution in [0.1, 0.15) is 36.2 Å². The summed E-state index contributed by atoms with van der Waals surface area (Å²) in [5, 5.41) is 0. The second-order valence-electron chi connectivity index (χ2n) is 6.08. The van der Waals surface area contributed by atoms with Crippen LogP contribution >= 0.6 is 0 Å². The van der Waals surface area contributed by atoms with Crippen LogP contribution in [-0.4, -0.2) is 29.6 Å². The lowest BCUT2D eigenvalue weighted by Gasteiger charge is -2.32. The van der Waals surface area contributed by atoms with Crippen molar-refractivity contribution in [1.82, 2.24) is 4.98 Å². The minimum Gasteiger partial charge on any atom is -0.477 e. The first-order chi connectivity index (χ1) is 12.5. The van der Waals surface area contributed by atoms with Crippen LogP contribution in [-0.2, 0) is 16.1 Å². The van der Waals surface area contributed by atoms with Crippen molar-refractivity contribution >= 4 is 23.5 Å². The van der Waals surface area contributed by atoms with Gasteiger partial charge in [0.05, 0.1) is 18.7 Å². The summed E-state index contributed by atoms with van der Waals surface area (Å²) in [5.41, 5.74) is 7.09. The highest BCUT2D eigenvalue weighted by molar-refractivity contribution is 5.98. The second-order valence-corrected chi connectivity index (χ2v) is 6.08. The number of carbonyl (C=O) groups excluding carboxylic acids is 2. The largest absolute Gasteiger partial charge is 0.477 e. The molecule has 0 fully saturated rings. The minimum atomic E-state index is -0.601. The van der Waals surface area contributed by atoms with Gasteiger partial charge >= 0.3 is 5.97 Å². The van der Waals surface area contributed by atoms with Crippen molar-refractivity contribution in [3.8, 4) is 5.75 Å². The Morgan fingerprint density at radius 3 is 2.69 bits per heavy atom. The zero-order valence-corrected chi connectivity index (χ0v) is 14.8. The molecule has 2 heterocycles. The SMILES string of the molecule is CCCOC(=O)c1ccc(CN2C(=O)C(C)Oc3ccc(N)nc32)cc1. The van der Waals surface area contributed by atoms with Crippen LogP contribution in [0.15, 0.2) is 36.4 Å². The Morgan fingerprint density at radius 1 is 1.27 bits per heavy atom. The Labute approximate surface area is 151 Å². The fourth-order valence-electron chi connectivity index (χ4n) is 2.66. The molecule has 0 aliphatic carbocycles. The van der Waals surface area contributed by atoms with Gasteiger partial charge in [0.25, 0.3) is 5.91 Å². The van der Waals surface area contributed by atoms with E-state index in [9.17, 15) is 9.59 Å². The fourth-order valence-corrected chi connectivity index (χ4v) is 2.66. The van der Waals surface area contributed by atoms with Crippen molar-refractivity contribution in [1.29, 1.82) is 0 Å². The highest BCUT2D eigenvalue weighted by Gasteiger charge is 2.32. The summed E-state index contributed by atoms with van der Waals surface area (Å²) in [4.78, 5) is 30.2. The lowest BCUT2D eigenvalue weighted by Crippen LogP contribution is -2.44. The summed E-state index contributed by atoms with van der Waals surface area (Å²) < 4.78 is 10.7. The summed E-state index contributed by atoms with van der Waals surface area (Å²) >= 11 is 0. The van der Waals surface area contributed by atoms with E-state index in [1.165, 1.54) is 0 Å². The Balaban J connectivity index is 1.81. The molecule has 0 spiro atoms. The Morgan fingerprint density at radius 2 is 2.00 bits per heavy atom. The quantitative estimate of drug-likeness (QED) is 0.828. The molecule has 1 aromatic carbocycles. The van der Waals surface area contributed by atoms with E-state index >= 15 is 0 Å². The number of nitrogens with two attached hydrogens (primary N) is 1. The third kappa shape index (κ3) is 3.61. The van der Waals surface area contributed by atoms with Crippen molar-refractivity contribution in [2.24, 2.45) is 0 Å². The summed E-state index contributed by atoms with van der Waals surface area (Å²) in [6.07, 6.45) is 0.174. The van der Waals surface area contributed by atoms with Crippen molar-refractivity contribution < 1.29 is 19.1 Å². The highest BCUT2D eigenvalue weighted by Crippen LogP contribution is 2.33. The molecule has 1 aliphatic heterocycles. The van der Waals surface area contributed by atoms with E-state index in [1.807, 2.05) is 6.92 Å². The first-order valence-electron chi connectivity index (χ1n) is 8.50. The van der Waals surface area contributed by atoms with Gasteiger partial charge < -0.3 is 15.2 Å². The third-order valence-electron chi connectivity index (χ3n) is 4.00. The lowest BCUT2D eigenvalue weighted by atomic mass is 10.1. The van der Waals surface area contributed by atoms with E-state index in [2.05, 4.69) is 4.98 Å².